The van der Waals surface area contributed by atoms with E-state index in [4.69, 9.17) is 26.6 Å². The van der Waals surface area contributed by atoms with Crippen LogP contribution in [0, 0.1) is 0 Å². The van der Waals surface area contributed by atoms with Crippen LogP contribution in [0.15, 0.2) is 59.6 Å². The SMILES string of the molecule is CC1Cc2ccc(-c3nn(-c4ccccc4)cc3/C=C3/SC(=S)N(CCS(=O)(=O)O)C3=O)cc2O1. The number of para-hydroxylation sites is 1. The van der Waals surface area contributed by atoms with E-state index >= 15 is 0 Å². The van der Waals surface area contributed by atoms with Gasteiger partial charge in [0, 0.05) is 30.3 Å². The first kappa shape index (κ1) is 23.7. The Morgan fingerprint density at radius 2 is 2.03 bits per heavy atom. The Morgan fingerprint density at radius 3 is 2.77 bits per heavy atom. The molecule has 1 atom stereocenters. The molecule has 1 saturated heterocycles. The number of thiocarbonyl (C=S) groups is 1. The van der Waals surface area contributed by atoms with Gasteiger partial charge in [0.1, 0.15) is 21.9 Å². The Balaban J connectivity index is 1.54. The molecule has 1 aromatic heterocycles. The van der Waals surface area contributed by atoms with Gasteiger partial charge in [-0.3, -0.25) is 14.2 Å². The summed E-state index contributed by atoms with van der Waals surface area (Å²) in [6, 6.07) is 15.6. The predicted octanol–water partition coefficient (Wildman–Crippen LogP) is 3.95. The average Bonchev–Trinajstić information content (AvgIpc) is 3.47. The van der Waals surface area contributed by atoms with Gasteiger partial charge in [-0.1, -0.05) is 54.3 Å². The molecular weight excluding hydrogens is 506 g/mol. The van der Waals surface area contributed by atoms with Crippen LogP contribution in [-0.2, 0) is 21.3 Å². The Kier molecular flexibility index (Phi) is 6.26. The van der Waals surface area contributed by atoms with Crippen molar-refractivity contribution < 1.29 is 22.5 Å². The molecule has 0 radical (unpaired) electrons. The molecule has 11 heteroatoms. The number of nitrogens with zero attached hydrogens (tertiary/aromatic N) is 3. The van der Waals surface area contributed by atoms with Crippen LogP contribution in [0.2, 0.25) is 0 Å². The van der Waals surface area contributed by atoms with Crippen LogP contribution in [-0.4, -0.2) is 56.3 Å². The molecule has 2 aliphatic heterocycles. The van der Waals surface area contributed by atoms with E-state index in [9.17, 15) is 13.2 Å². The molecule has 0 spiro atoms. The minimum Gasteiger partial charge on any atom is -0.490 e. The molecule has 1 N–H and O–H groups in total. The Labute approximate surface area is 212 Å². The monoisotopic (exact) mass is 527 g/mol. The molecule has 2 aliphatic rings. The molecule has 1 unspecified atom stereocenters. The van der Waals surface area contributed by atoms with Crippen LogP contribution in [0.1, 0.15) is 18.1 Å². The fourth-order valence-electron chi connectivity index (χ4n) is 4.02. The van der Waals surface area contributed by atoms with Crippen LogP contribution < -0.4 is 4.74 Å². The van der Waals surface area contributed by atoms with Crippen molar-refractivity contribution in [3.63, 3.8) is 0 Å². The zero-order chi connectivity index (χ0) is 24.7. The molecular formula is C24H21N3O5S3. The second-order valence-electron chi connectivity index (χ2n) is 8.29. The third kappa shape index (κ3) is 5.03. The van der Waals surface area contributed by atoms with Crippen LogP contribution >= 0.6 is 24.0 Å². The Bertz CT molecular complexity index is 1460. The van der Waals surface area contributed by atoms with Crippen molar-refractivity contribution in [2.75, 3.05) is 12.3 Å². The number of ether oxygens (including phenoxy) is 1. The summed E-state index contributed by atoms with van der Waals surface area (Å²) >= 11 is 6.37. The normalized spacial score (nSPS) is 18.9. The van der Waals surface area contributed by atoms with Crippen molar-refractivity contribution in [3.05, 3.63) is 70.8 Å². The largest absolute Gasteiger partial charge is 0.490 e. The molecule has 3 aromatic rings. The lowest BCUT2D eigenvalue weighted by molar-refractivity contribution is -0.121. The second kappa shape index (κ2) is 9.23. The second-order valence-corrected chi connectivity index (χ2v) is 11.5. The number of benzene rings is 2. The number of amides is 1. The van der Waals surface area contributed by atoms with Gasteiger partial charge >= 0.3 is 0 Å². The van der Waals surface area contributed by atoms with Gasteiger partial charge in [0.2, 0.25) is 0 Å². The summed E-state index contributed by atoms with van der Waals surface area (Å²) in [5.41, 5.74) is 4.23. The summed E-state index contributed by atoms with van der Waals surface area (Å²) in [6.07, 6.45) is 4.52. The number of carbonyl (C=O) groups excluding carboxylic acids is 1. The maximum Gasteiger partial charge on any atom is 0.266 e. The molecule has 2 aromatic carbocycles. The summed E-state index contributed by atoms with van der Waals surface area (Å²) in [7, 11) is -4.22. The first-order valence-corrected chi connectivity index (χ1v) is 13.7. The van der Waals surface area contributed by atoms with E-state index in [1.807, 2.05) is 61.7 Å². The van der Waals surface area contributed by atoms with Crippen LogP contribution in [0.25, 0.3) is 23.0 Å². The predicted molar refractivity (Wildman–Crippen MR) is 139 cm³/mol. The van der Waals surface area contributed by atoms with Crippen molar-refractivity contribution in [2.24, 2.45) is 0 Å². The number of rotatable bonds is 6. The maximum atomic E-state index is 13.0. The van der Waals surface area contributed by atoms with E-state index in [2.05, 4.69) is 0 Å². The molecule has 0 aliphatic carbocycles. The molecule has 5 rings (SSSR count). The summed E-state index contributed by atoms with van der Waals surface area (Å²) in [5, 5.41) is 4.81. The topological polar surface area (TPSA) is 102 Å². The highest BCUT2D eigenvalue weighted by atomic mass is 32.2. The van der Waals surface area contributed by atoms with Crippen LogP contribution in [0.4, 0.5) is 0 Å². The van der Waals surface area contributed by atoms with Crippen molar-refractivity contribution >= 4 is 50.4 Å². The summed E-state index contributed by atoms with van der Waals surface area (Å²) in [6.45, 7) is 1.82. The number of aromatic nitrogens is 2. The van der Waals surface area contributed by atoms with E-state index in [0.29, 0.717) is 16.2 Å². The molecule has 0 bridgehead atoms. The molecule has 3 heterocycles. The fourth-order valence-corrected chi connectivity index (χ4v) is 5.73. The molecule has 180 valence electrons. The molecule has 0 saturated carbocycles. The highest BCUT2D eigenvalue weighted by Crippen LogP contribution is 2.37. The molecule has 8 nitrogen and oxygen atoms in total. The minimum absolute atomic E-state index is 0.117. The van der Waals surface area contributed by atoms with Gasteiger partial charge in [0.15, 0.2) is 0 Å². The van der Waals surface area contributed by atoms with Gasteiger partial charge in [-0.05, 0) is 36.8 Å². The van der Waals surface area contributed by atoms with Gasteiger partial charge in [-0.25, -0.2) is 4.68 Å². The van der Waals surface area contributed by atoms with Crippen LogP contribution in [0.3, 0.4) is 0 Å². The standard InChI is InChI=1S/C24H21N3O5S3/c1-15-11-16-7-8-17(12-20(16)32-15)22-18(14-27(25-22)19-5-3-2-4-6-19)13-21-23(28)26(24(33)34-21)9-10-35(29,30)31/h2-8,12-15H,9-11H2,1H3,(H,29,30,31)/b21-13+. The lowest BCUT2D eigenvalue weighted by Gasteiger charge is -2.12. The Hall–Kier alpha value is -2.99. The summed E-state index contributed by atoms with van der Waals surface area (Å²) in [5.74, 6) is -0.169. The summed E-state index contributed by atoms with van der Waals surface area (Å²) in [4.78, 5) is 14.5. The van der Waals surface area contributed by atoms with E-state index in [-0.39, 0.29) is 17.0 Å². The number of hydrogen-bond donors (Lipinski definition) is 1. The van der Waals surface area contributed by atoms with E-state index in [1.165, 1.54) is 4.90 Å². The highest BCUT2D eigenvalue weighted by molar-refractivity contribution is 8.26. The zero-order valence-electron chi connectivity index (χ0n) is 18.6. The smallest absolute Gasteiger partial charge is 0.266 e. The molecule has 35 heavy (non-hydrogen) atoms. The fraction of sp³-hybridized carbons (Fsp3) is 0.208. The number of fused-ring (bicyclic) bond motifs is 1. The maximum absolute atomic E-state index is 13.0. The molecule has 1 amide bonds. The number of thioether (sulfide) groups is 1. The molecule has 1 fully saturated rings. The van der Waals surface area contributed by atoms with Gasteiger partial charge in [0.05, 0.1) is 16.3 Å². The quantitative estimate of drug-likeness (QED) is 0.292. The highest BCUT2D eigenvalue weighted by Gasteiger charge is 2.33. The van der Waals surface area contributed by atoms with E-state index in [1.54, 1.807) is 10.8 Å². The number of carbonyl (C=O) groups is 1. The van der Waals surface area contributed by atoms with Crippen molar-refractivity contribution in [1.29, 1.82) is 0 Å². The van der Waals surface area contributed by atoms with Crippen LogP contribution in [0.5, 0.6) is 5.75 Å². The average molecular weight is 528 g/mol. The van der Waals surface area contributed by atoms with Crippen molar-refractivity contribution in [2.45, 2.75) is 19.4 Å². The van der Waals surface area contributed by atoms with Crippen molar-refractivity contribution in [1.82, 2.24) is 14.7 Å². The Morgan fingerprint density at radius 1 is 1.26 bits per heavy atom. The third-order valence-electron chi connectivity index (χ3n) is 5.67. The lowest BCUT2D eigenvalue weighted by atomic mass is 10.0. The minimum atomic E-state index is -4.22. The zero-order valence-corrected chi connectivity index (χ0v) is 21.1. The lowest BCUT2D eigenvalue weighted by Crippen LogP contribution is -2.32. The number of hydrogen-bond acceptors (Lipinski definition) is 7. The van der Waals surface area contributed by atoms with E-state index in [0.717, 1.165) is 40.7 Å². The van der Waals surface area contributed by atoms with E-state index < -0.39 is 21.8 Å². The first-order chi connectivity index (χ1) is 16.7. The van der Waals surface area contributed by atoms with Crippen molar-refractivity contribution in [3.8, 4) is 22.7 Å². The van der Waals surface area contributed by atoms with Gasteiger partial charge in [-0.15, -0.1) is 0 Å². The third-order valence-corrected chi connectivity index (χ3v) is 7.75. The van der Waals surface area contributed by atoms with Gasteiger partial charge in [-0.2, -0.15) is 13.5 Å². The summed E-state index contributed by atoms with van der Waals surface area (Å²) < 4.78 is 39.3. The first-order valence-electron chi connectivity index (χ1n) is 10.8. The van der Waals surface area contributed by atoms with Gasteiger partial charge in [0.25, 0.3) is 16.0 Å². The van der Waals surface area contributed by atoms with Gasteiger partial charge < -0.3 is 4.74 Å².